The Balaban J connectivity index is 1.78. The van der Waals surface area contributed by atoms with Crippen LogP contribution in [0.25, 0.3) is 5.76 Å². The number of aromatic nitrogens is 1. The van der Waals surface area contributed by atoms with Crippen molar-refractivity contribution < 1.29 is 19.4 Å². The molecule has 1 unspecified atom stereocenters. The third-order valence-electron chi connectivity index (χ3n) is 5.04. The van der Waals surface area contributed by atoms with Crippen molar-refractivity contribution in [2.24, 2.45) is 0 Å². The summed E-state index contributed by atoms with van der Waals surface area (Å²) in [7, 11) is 0. The Morgan fingerprint density at radius 1 is 1.16 bits per heavy atom. The van der Waals surface area contributed by atoms with Crippen molar-refractivity contribution in [2.75, 3.05) is 6.61 Å². The highest BCUT2D eigenvalue weighted by atomic mass is 32.1. The summed E-state index contributed by atoms with van der Waals surface area (Å²) in [5.74, 6) is -0.916. The van der Waals surface area contributed by atoms with E-state index in [2.05, 4.69) is 4.98 Å². The molecule has 158 valence electrons. The van der Waals surface area contributed by atoms with Crippen LogP contribution in [0.2, 0.25) is 0 Å². The van der Waals surface area contributed by atoms with E-state index in [4.69, 9.17) is 4.74 Å². The number of aliphatic hydroxyl groups is 1. The van der Waals surface area contributed by atoms with Crippen molar-refractivity contribution >= 4 is 28.8 Å². The summed E-state index contributed by atoms with van der Waals surface area (Å²) in [6.45, 7) is 2.80. The van der Waals surface area contributed by atoms with Gasteiger partial charge in [0.05, 0.1) is 18.2 Å². The molecular weight excluding hydrogens is 412 g/mol. The van der Waals surface area contributed by atoms with E-state index in [1.165, 1.54) is 16.2 Å². The fraction of sp³-hybridized carbons (Fsp3) is 0.208. The molecule has 1 aliphatic heterocycles. The summed E-state index contributed by atoms with van der Waals surface area (Å²) in [6.07, 6.45) is 4.15. The van der Waals surface area contributed by atoms with Gasteiger partial charge < -0.3 is 14.7 Å². The van der Waals surface area contributed by atoms with Crippen LogP contribution in [0.4, 0.5) is 0 Å². The monoisotopic (exact) mass is 434 g/mol. The lowest BCUT2D eigenvalue weighted by atomic mass is 9.99. The molecule has 1 saturated heterocycles. The number of nitrogens with zero attached hydrogens (tertiary/aromatic N) is 2. The number of Topliss-reactive ketones (excluding diaryl/α,β-unsaturated/α-hetero) is 1. The van der Waals surface area contributed by atoms with Crippen LogP contribution in [0.15, 0.2) is 71.9 Å². The summed E-state index contributed by atoms with van der Waals surface area (Å²) in [5.41, 5.74) is 1.39. The number of ether oxygens (including phenoxy) is 1. The minimum absolute atomic E-state index is 0.0918. The van der Waals surface area contributed by atoms with Crippen LogP contribution in [0.1, 0.15) is 35.4 Å². The van der Waals surface area contributed by atoms with E-state index in [0.717, 1.165) is 16.9 Å². The summed E-state index contributed by atoms with van der Waals surface area (Å²) >= 11 is 1.44. The molecule has 1 atom stereocenters. The molecule has 1 N–H and O–H groups in total. The molecule has 1 amide bonds. The maximum Gasteiger partial charge on any atom is 0.295 e. The smallest absolute Gasteiger partial charge is 0.295 e. The summed E-state index contributed by atoms with van der Waals surface area (Å²) in [6, 6.07) is 13.6. The molecule has 2 aromatic heterocycles. The average Bonchev–Trinajstić information content (AvgIpc) is 3.41. The van der Waals surface area contributed by atoms with Gasteiger partial charge in [0.25, 0.3) is 11.7 Å². The molecular formula is C24H22N2O4S. The lowest BCUT2D eigenvalue weighted by Crippen LogP contribution is -2.28. The van der Waals surface area contributed by atoms with Crippen LogP contribution in [-0.2, 0) is 16.1 Å². The third-order valence-corrected chi connectivity index (χ3v) is 5.96. The van der Waals surface area contributed by atoms with Gasteiger partial charge in [-0.1, -0.05) is 25.1 Å². The van der Waals surface area contributed by atoms with E-state index < -0.39 is 17.7 Å². The Morgan fingerprint density at radius 2 is 1.97 bits per heavy atom. The van der Waals surface area contributed by atoms with Gasteiger partial charge in [-0.2, -0.15) is 0 Å². The lowest BCUT2D eigenvalue weighted by molar-refractivity contribution is -0.140. The van der Waals surface area contributed by atoms with Crippen LogP contribution >= 0.6 is 11.3 Å². The topological polar surface area (TPSA) is 79.7 Å². The van der Waals surface area contributed by atoms with Crippen molar-refractivity contribution in [3.05, 3.63) is 87.9 Å². The maximum absolute atomic E-state index is 13.0. The molecule has 1 aliphatic rings. The predicted molar refractivity (Wildman–Crippen MR) is 119 cm³/mol. The molecule has 0 aliphatic carbocycles. The molecule has 0 radical (unpaired) electrons. The largest absolute Gasteiger partial charge is 0.507 e. The summed E-state index contributed by atoms with van der Waals surface area (Å²) in [4.78, 5) is 32.3. The first kappa shape index (κ1) is 20.8. The van der Waals surface area contributed by atoms with Gasteiger partial charge in [-0.05, 0) is 47.7 Å². The predicted octanol–water partition coefficient (Wildman–Crippen LogP) is 4.55. The zero-order valence-corrected chi connectivity index (χ0v) is 17.8. The van der Waals surface area contributed by atoms with Crippen LogP contribution in [0, 0.1) is 0 Å². The van der Waals surface area contributed by atoms with E-state index in [1.807, 2.05) is 24.4 Å². The Bertz CT molecular complexity index is 1110. The molecule has 0 spiro atoms. The molecule has 0 bridgehead atoms. The summed E-state index contributed by atoms with van der Waals surface area (Å²) in [5, 5.41) is 13.0. The SMILES string of the molecule is CCCOc1cccc(/C(O)=C2\C(=O)C(=O)N(Cc3ccncc3)C2c2cccs2)c1. The molecule has 0 saturated carbocycles. The first-order valence-electron chi connectivity index (χ1n) is 10.0. The first-order chi connectivity index (χ1) is 15.1. The highest BCUT2D eigenvalue weighted by Crippen LogP contribution is 2.42. The second-order valence-corrected chi connectivity index (χ2v) is 8.15. The first-order valence-corrected chi connectivity index (χ1v) is 10.9. The van der Waals surface area contributed by atoms with Gasteiger partial charge in [0.15, 0.2) is 0 Å². The number of hydrogen-bond acceptors (Lipinski definition) is 6. The van der Waals surface area contributed by atoms with Gasteiger partial charge in [0.1, 0.15) is 11.5 Å². The van der Waals surface area contributed by atoms with Crippen LogP contribution in [0.5, 0.6) is 5.75 Å². The number of likely N-dealkylation sites (tertiary alicyclic amines) is 1. The lowest BCUT2D eigenvalue weighted by Gasteiger charge is -2.24. The Morgan fingerprint density at radius 3 is 2.68 bits per heavy atom. The maximum atomic E-state index is 13.0. The number of rotatable bonds is 7. The second kappa shape index (κ2) is 9.14. The second-order valence-electron chi connectivity index (χ2n) is 7.17. The van der Waals surface area contributed by atoms with Gasteiger partial charge in [-0.3, -0.25) is 14.6 Å². The highest BCUT2D eigenvalue weighted by molar-refractivity contribution is 7.10. The Labute approximate surface area is 184 Å². The van der Waals surface area contributed by atoms with Gasteiger partial charge in [0.2, 0.25) is 0 Å². The fourth-order valence-corrected chi connectivity index (χ4v) is 4.42. The van der Waals surface area contributed by atoms with Crippen LogP contribution in [-0.4, -0.2) is 33.3 Å². The number of aliphatic hydroxyl groups excluding tert-OH is 1. The van der Waals surface area contributed by atoms with Gasteiger partial charge >= 0.3 is 0 Å². The summed E-state index contributed by atoms with van der Waals surface area (Å²) < 4.78 is 5.66. The van der Waals surface area contributed by atoms with Gasteiger partial charge in [-0.15, -0.1) is 11.3 Å². The molecule has 31 heavy (non-hydrogen) atoms. The van der Waals surface area contributed by atoms with Crippen molar-refractivity contribution in [1.29, 1.82) is 0 Å². The number of carbonyl (C=O) groups excluding carboxylic acids is 2. The van der Waals surface area contributed by atoms with Crippen molar-refractivity contribution in [3.8, 4) is 5.75 Å². The zero-order chi connectivity index (χ0) is 21.8. The number of ketones is 1. The zero-order valence-electron chi connectivity index (χ0n) is 17.0. The minimum Gasteiger partial charge on any atom is -0.507 e. The van der Waals surface area contributed by atoms with Crippen LogP contribution in [0.3, 0.4) is 0 Å². The van der Waals surface area contributed by atoms with Gasteiger partial charge in [0, 0.05) is 29.4 Å². The molecule has 1 fully saturated rings. The molecule has 3 heterocycles. The van der Waals surface area contributed by atoms with E-state index >= 15 is 0 Å². The molecule has 1 aromatic carbocycles. The normalized spacial score (nSPS) is 17.8. The third kappa shape index (κ3) is 4.22. The van der Waals surface area contributed by atoms with Crippen molar-refractivity contribution in [3.63, 3.8) is 0 Å². The average molecular weight is 435 g/mol. The van der Waals surface area contributed by atoms with E-state index in [0.29, 0.717) is 17.9 Å². The molecule has 7 heteroatoms. The van der Waals surface area contributed by atoms with E-state index in [9.17, 15) is 14.7 Å². The fourth-order valence-electron chi connectivity index (χ4n) is 3.58. The molecule has 6 nitrogen and oxygen atoms in total. The highest BCUT2D eigenvalue weighted by Gasteiger charge is 2.46. The van der Waals surface area contributed by atoms with E-state index in [1.54, 1.807) is 48.8 Å². The van der Waals surface area contributed by atoms with Crippen molar-refractivity contribution in [1.82, 2.24) is 9.88 Å². The van der Waals surface area contributed by atoms with Crippen LogP contribution < -0.4 is 4.74 Å². The van der Waals surface area contributed by atoms with Crippen molar-refractivity contribution in [2.45, 2.75) is 25.9 Å². The number of thiophene rings is 1. The molecule has 3 aromatic rings. The standard InChI is InChI=1S/C24H22N2O4S/c1-2-12-30-18-6-3-5-17(14-18)22(27)20-21(19-7-4-13-31-19)26(24(29)23(20)28)15-16-8-10-25-11-9-16/h3-11,13-14,21,27H,2,12,15H2,1H3/b22-20+. The number of hydrogen-bond donors (Lipinski definition) is 1. The molecule has 4 rings (SSSR count). The Hall–Kier alpha value is -3.45. The Kier molecular flexibility index (Phi) is 6.13. The number of carbonyl (C=O) groups is 2. The minimum atomic E-state index is -0.690. The number of pyridine rings is 1. The van der Waals surface area contributed by atoms with E-state index in [-0.39, 0.29) is 17.9 Å². The quantitative estimate of drug-likeness (QED) is 0.335. The number of benzene rings is 1. The number of amides is 1. The van der Waals surface area contributed by atoms with Gasteiger partial charge in [-0.25, -0.2) is 0 Å².